The minimum Gasteiger partial charge on any atom is -0.389 e. The highest BCUT2D eigenvalue weighted by atomic mass is 35.5. The highest BCUT2D eigenvalue weighted by Gasteiger charge is 2.24. The smallest absolute Gasteiger partial charge is 0.253 e. The molecule has 1 amide bonds. The Labute approximate surface area is 115 Å². The van der Waals surface area contributed by atoms with Crippen LogP contribution >= 0.6 is 23.8 Å². The van der Waals surface area contributed by atoms with Crippen LogP contribution in [0.1, 0.15) is 18.4 Å². The third-order valence-electron chi connectivity index (χ3n) is 2.73. The molecule has 1 fully saturated rings. The number of amides is 1. The van der Waals surface area contributed by atoms with E-state index in [1.54, 1.807) is 18.2 Å². The van der Waals surface area contributed by atoms with Crippen LogP contribution in [-0.4, -0.2) is 23.6 Å². The number of hydrogen-bond donors (Lipinski definition) is 2. The zero-order chi connectivity index (χ0) is 13.1. The first-order valence-corrected chi connectivity index (χ1v) is 6.38. The summed E-state index contributed by atoms with van der Waals surface area (Å²) in [5.74, 6) is -0.186. The van der Waals surface area contributed by atoms with E-state index in [1.165, 1.54) is 0 Å². The summed E-state index contributed by atoms with van der Waals surface area (Å²) in [5, 5.41) is 3.18. The molecule has 6 heteroatoms. The van der Waals surface area contributed by atoms with Gasteiger partial charge in [-0.3, -0.25) is 4.79 Å². The van der Waals surface area contributed by atoms with E-state index in [1.807, 2.05) is 0 Å². The number of nitrogens with one attached hydrogen (secondary N) is 1. The van der Waals surface area contributed by atoms with Crippen molar-refractivity contribution in [3.63, 3.8) is 0 Å². The maximum Gasteiger partial charge on any atom is 0.253 e. The molecule has 1 aliphatic heterocycles. The molecule has 2 rings (SSSR count). The van der Waals surface area contributed by atoms with E-state index in [0.29, 0.717) is 22.9 Å². The van der Waals surface area contributed by atoms with E-state index in [0.717, 1.165) is 12.8 Å². The van der Waals surface area contributed by atoms with Gasteiger partial charge in [0.2, 0.25) is 0 Å². The highest BCUT2D eigenvalue weighted by Crippen LogP contribution is 2.24. The zero-order valence-corrected chi connectivity index (χ0v) is 11.2. The molecule has 18 heavy (non-hydrogen) atoms. The van der Waals surface area contributed by atoms with Crippen molar-refractivity contribution in [2.24, 2.45) is 5.73 Å². The fourth-order valence-electron chi connectivity index (χ4n) is 1.77. The third kappa shape index (κ3) is 2.98. The topological polar surface area (TPSA) is 64.3 Å². The monoisotopic (exact) mass is 284 g/mol. The molecular formula is C12H13ClN2O2S. The fraction of sp³-hybridized carbons (Fsp3) is 0.333. The highest BCUT2D eigenvalue weighted by molar-refractivity contribution is 7.80. The SMILES string of the molecule is NC(=S)c1ccc(Cl)c(NC(=O)C2CCCO2)c1. The van der Waals surface area contributed by atoms with Gasteiger partial charge in [-0.2, -0.15) is 0 Å². The molecule has 0 aliphatic carbocycles. The summed E-state index contributed by atoms with van der Waals surface area (Å²) in [4.78, 5) is 12.2. The zero-order valence-electron chi connectivity index (χ0n) is 9.61. The predicted octanol–water partition coefficient (Wildman–Crippen LogP) is 2.09. The van der Waals surface area contributed by atoms with E-state index >= 15 is 0 Å². The van der Waals surface area contributed by atoms with Gasteiger partial charge in [0.1, 0.15) is 11.1 Å². The van der Waals surface area contributed by atoms with Crippen LogP contribution in [0.25, 0.3) is 0 Å². The Bertz CT molecular complexity index is 487. The molecular weight excluding hydrogens is 272 g/mol. The number of anilines is 1. The van der Waals surface area contributed by atoms with Crippen LogP contribution < -0.4 is 11.1 Å². The van der Waals surface area contributed by atoms with Crippen molar-refractivity contribution in [1.29, 1.82) is 0 Å². The molecule has 96 valence electrons. The number of halogens is 1. The molecule has 1 heterocycles. The maximum atomic E-state index is 11.9. The second kappa shape index (κ2) is 5.65. The average molecular weight is 285 g/mol. The molecule has 0 radical (unpaired) electrons. The van der Waals surface area contributed by atoms with E-state index in [4.69, 9.17) is 34.3 Å². The summed E-state index contributed by atoms with van der Waals surface area (Å²) in [6, 6.07) is 5.03. The third-order valence-corrected chi connectivity index (χ3v) is 3.30. The molecule has 3 N–H and O–H groups in total. The van der Waals surface area contributed by atoms with Crippen molar-refractivity contribution in [1.82, 2.24) is 0 Å². The van der Waals surface area contributed by atoms with Crippen LogP contribution in [-0.2, 0) is 9.53 Å². The fourth-order valence-corrected chi connectivity index (χ4v) is 2.06. The lowest BCUT2D eigenvalue weighted by Crippen LogP contribution is -2.27. The molecule has 0 aromatic heterocycles. The quantitative estimate of drug-likeness (QED) is 0.834. The number of carbonyl (C=O) groups excluding carboxylic acids is 1. The largest absolute Gasteiger partial charge is 0.389 e. The van der Waals surface area contributed by atoms with Crippen LogP contribution in [0.15, 0.2) is 18.2 Å². The first kappa shape index (κ1) is 13.3. The summed E-state index contributed by atoms with van der Waals surface area (Å²) in [6.45, 7) is 0.624. The van der Waals surface area contributed by atoms with Gasteiger partial charge in [-0.25, -0.2) is 0 Å². The Hall–Kier alpha value is -1.17. The van der Waals surface area contributed by atoms with Crippen LogP contribution in [0.5, 0.6) is 0 Å². The molecule has 1 unspecified atom stereocenters. The van der Waals surface area contributed by atoms with Crippen molar-refractivity contribution >= 4 is 40.4 Å². The first-order chi connectivity index (χ1) is 8.58. The number of hydrogen-bond acceptors (Lipinski definition) is 3. The minimum absolute atomic E-state index is 0.186. The number of rotatable bonds is 3. The van der Waals surface area contributed by atoms with Gasteiger partial charge in [-0.15, -0.1) is 0 Å². The molecule has 1 aromatic rings. The number of carbonyl (C=O) groups is 1. The first-order valence-electron chi connectivity index (χ1n) is 5.60. The van der Waals surface area contributed by atoms with Crippen molar-refractivity contribution in [2.45, 2.75) is 18.9 Å². The lowest BCUT2D eigenvalue weighted by Gasteiger charge is -2.12. The van der Waals surface area contributed by atoms with E-state index in [2.05, 4.69) is 5.32 Å². The second-order valence-corrected chi connectivity index (χ2v) is 4.90. The molecule has 1 aliphatic rings. The van der Waals surface area contributed by atoms with Crippen LogP contribution in [0.4, 0.5) is 5.69 Å². The van der Waals surface area contributed by atoms with E-state index < -0.39 is 6.10 Å². The van der Waals surface area contributed by atoms with E-state index in [9.17, 15) is 4.79 Å². The summed E-state index contributed by atoms with van der Waals surface area (Å²) in [6.07, 6.45) is 1.24. The molecule has 0 bridgehead atoms. The number of ether oxygens (including phenoxy) is 1. The van der Waals surface area contributed by atoms with Gasteiger partial charge < -0.3 is 15.8 Å². The predicted molar refractivity (Wildman–Crippen MR) is 74.9 cm³/mol. The van der Waals surface area contributed by atoms with Gasteiger partial charge in [-0.05, 0) is 25.0 Å². The normalized spacial score (nSPS) is 18.6. The number of thiocarbonyl (C=S) groups is 1. The van der Waals surface area contributed by atoms with E-state index in [-0.39, 0.29) is 10.9 Å². The maximum absolute atomic E-state index is 11.9. The number of benzene rings is 1. The van der Waals surface area contributed by atoms with Crippen LogP contribution in [0.3, 0.4) is 0 Å². The minimum atomic E-state index is -0.394. The van der Waals surface area contributed by atoms with Gasteiger partial charge in [0, 0.05) is 12.2 Å². The Balaban J connectivity index is 2.14. The molecule has 0 saturated carbocycles. The Morgan fingerprint density at radius 3 is 2.94 bits per heavy atom. The number of nitrogens with two attached hydrogens (primary N) is 1. The standard InChI is InChI=1S/C12H13ClN2O2S/c13-8-4-3-7(11(14)18)6-9(8)15-12(16)10-2-1-5-17-10/h3-4,6,10H,1-2,5H2,(H2,14,18)(H,15,16). The molecule has 4 nitrogen and oxygen atoms in total. The lowest BCUT2D eigenvalue weighted by atomic mass is 10.2. The van der Waals surface area contributed by atoms with Gasteiger partial charge in [0.15, 0.2) is 0 Å². The molecule has 0 spiro atoms. The summed E-state index contributed by atoms with van der Waals surface area (Å²) in [5.41, 5.74) is 6.70. The van der Waals surface area contributed by atoms with Gasteiger partial charge in [-0.1, -0.05) is 29.9 Å². The van der Waals surface area contributed by atoms with Gasteiger partial charge in [0.05, 0.1) is 10.7 Å². The molecule has 1 atom stereocenters. The Kier molecular flexibility index (Phi) is 4.16. The average Bonchev–Trinajstić information content (AvgIpc) is 2.85. The van der Waals surface area contributed by atoms with Crippen molar-refractivity contribution in [3.05, 3.63) is 28.8 Å². The summed E-state index contributed by atoms with van der Waals surface area (Å²) in [7, 11) is 0. The van der Waals surface area contributed by atoms with Gasteiger partial charge in [0.25, 0.3) is 5.91 Å². The summed E-state index contributed by atoms with van der Waals surface area (Å²) >= 11 is 10.9. The van der Waals surface area contributed by atoms with Crippen molar-refractivity contribution < 1.29 is 9.53 Å². The van der Waals surface area contributed by atoms with Crippen LogP contribution in [0.2, 0.25) is 5.02 Å². The molecule has 1 saturated heterocycles. The van der Waals surface area contributed by atoms with Crippen molar-refractivity contribution in [2.75, 3.05) is 11.9 Å². The van der Waals surface area contributed by atoms with Crippen LogP contribution in [0, 0.1) is 0 Å². The Morgan fingerprint density at radius 1 is 1.56 bits per heavy atom. The lowest BCUT2D eigenvalue weighted by molar-refractivity contribution is -0.124. The second-order valence-electron chi connectivity index (χ2n) is 4.05. The van der Waals surface area contributed by atoms with Crippen molar-refractivity contribution in [3.8, 4) is 0 Å². The Morgan fingerprint density at radius 2 is 2.33 bits per heavy atom. The summed E-state index contributed by atoms with van der Waals surface area (Å²) < 4.78 is 5.30. The van der Waals surface area contributed by atoms with Gasteiger partial charge >= 0.3 is 0 Å². The molecule has 1 aromatic carbocycles.